The second-order valence-corrected chi connectivity index (χ2v) is 29.9. The third-order valence-corrected chi connectivity index (χ3v) is 20.6. The van der Waals surface area contributed by atoms with Gasteiger partial charge in [-0.2, -0.15) is 0 Å². The second kappa shape index (κ2) is 43.3. The van der Waals surface area contributed by atoms with Crippen molar-refractivity contribution in [2.75, 3.05) is 31.2 Å². The highest BCUT2D eigenvalue weighted by Gasteiger charge is 2.40. The van der Waals surface area contributed by atoms with Gasteiger partial charge in [-0.3, -0.25) is 57.5 Å². The summed E-state index contributed by atoms with van der Waals surface area (Å²) >= 11 is 0. The van der Waals surface area contributed by atoms with Crippen LogP contribution in [-0.2, 0) is 94.6 Å². The Kier molecular flexibility index (Phi) is 34.2. The molecule has 596 valence electrons. The van der Waals surface area contributed by atoms with Crippen LogP contribution in [0.4, 0.5) is 0 Å². The summed E-state index contributed by atoms with van der Waals surface area (Å²) in [6.45, 7) is 5.08. The number of aromatic nitrogens is 1. The SMILES string of the molecule is CC(C)NCc1ccc(C[C@@H]2NC(=O)[C@@H](Cc3c[nH]c4ccccc34)NC(=O)[C@H]3CCC(=O)NCC[C@H](NC(=O)[C@H]([C@@H](C)O)NC2=O)C(=O)N[C@@H]([C@@H](C)O)C(=O)N[C@@H](CO)C(=O)N[C@H](C(=O)O)CSSC[C@H](NC(=O)[C@@H](N)Cc2ccc(O)cc2)C(=O)N[C@@H](CCCCN)C(=O)N[C@@H](Cc2ccccc2)C(=O)N3)cc1. The largest absolute Gasteiger partial charge is 0.508 e. The number of unbranched alkanes of at least 4 members (excludes halogenated alkanes) is 1. The Balaban J connectivity index is 1.35. The standard InChI is InChI=1S/C74H100N16O18S2/c1-39(2)78-34-45-19-17-44(18-20-45)32-55-69(102)90-61(40(3)92)72(105)82-53-27-29-77-60(95)26-25-52(65(98)85-56(68(101)84-55)33-46-35-79-50-15-9-8-14-48(46)50)81-67(100)54(31-42-12-6-5-7-13-42)83-64(97)51(16-10-11-28-75)80-71(104)58(87-63(96)49(76)30-43-21-23-47(94)24-22-43)37-109-110-38-59(74(107)108)88-70(103)57(36-91)86-73(106)62(41(4)93)89-66(53)99/h5-9,12-15,17-24,35,39-41,49,51-59,61-62,78-79,91-94H,10-11,16,25-34,36-38,75-76H2,1-4H3,(H,77,95)(H,80,104)(H,81,100)(H,82,105)(H,83,97)(H,84,101)(H,85,98)(H,86,106)(H,87,96)(H,88,103)(H,89,99)(H,90,102)(H,107,108)/t40-,41-,49+,51+,52-,53+,54+,55+,56-,57+,58+,59+,61+,62+/m1/s1. The molecule has 5 aromatic rings. The van der Waals surface area contributed by atoms with Gasteiger partial charge in [-0.25, -0.2) is 4.79 Å². The van der Waals surface area contributed by atoms with Crippen LogP contribution < -0.4 is 80.6 Å². The summed E-state index contributed by atoms with van der Waals surface area (Å²) < 4.78 is 0. The predicted octanol–water partition coefficient (Wildman–Crippen LogP) is -3.04. The number of carbonyl (C=O) groups is 13. The van der Waals surface area contributed by atoms with Gasteiger partial charge in [0.05, 0.1) is 24.9 Å². The third-order valence-electron chi connectivity index (χ3n) is 18.2. The number of carboxylic acids is 1. The van der Waals surface area contributed by atoms with Gasteiger partial charge in [-0.15, -0.1) is 0 Å². The van der Waals surface area contributed by atoms with Crippen LogP contribution in [0.25, 0.3) is 10.9 Å². The van der Waals surface area contributed by atoms with Crippen molar-refractivity contribution in [2.24, 2.45) is 11.5 Å². The third kappa shape index (κ3) is 27.1. The molecule has 12 amide bonds. The van der Waals surface area contributed by atoms with E-state index in [1.165, 1.54) is 24.3 Å². The lowest BCUT2D eigenvalue weighted by Gasteiger charge is -2.29. The number of phenols is 1. The summed E-state index contributed by atoms with van der Waals surface area (Å²) in [5.41, 5.74) is 15.8. The van der Waals surface area contributed by atoms with Crippen molar-refractivity contribution in [1.82, 2.24) is 74.1 Å². The van der Waals surface area contributed by atoms with E-state index in [1.807, 2.05) is 13.8 Å². The van der Waals surface area contributed by atoms with Crippen LogP contribution in [0.3, 0.4) is 0 Å². The number of H-pyrrole nitrogens is 1. The zero-order valence-corrected chi connectivity index (χ0v) is 63.0. The molecule has 0 unspecified atom stereocenters. The first kappa shape index (κ1) is 87.0. The molecule has 34 nitrogen and oxygen atoms in total. The molecular formula is C74H100N16O18S2. The molecule has 14 atom stereocenters. The Labute approximate surface area is 643 Å². The number of fused-ring (bicyclic) bond motifs is 8. The van der Waals surface area contributed by atoms with E-state index < -0.39 is 200 Å². The molecule has 2 saturated heterocycles. The van der Waals surface area contributed by atoms with Gasteiger partial charge in [-0.1, -0.05) is 120 Å². The number of benzene rings is 4. The average molecular weight is 1570 g/mol. The Morgan fingerprint density at radius 2 is 1.05 bits per heavy atom. The zero-order chi connectivity index (χ0) is 80.1. The number of para-hydroxylation sites is 1. The quantitative estimate of drug-likeness (QED) is 0.0257. The fourth-order valence-electron chi connectivity index (χ4n) is 11.9. The van der Waals surface area contributed by atoms with Crippen molar-refractivity contribution in [1.29, 1.82) is 0 Å². The summed E-state index contributed by atoms with van der Waals surface area (Å²) in [4.78, 5) is 192. The van der Waals surface area contributed by atoms with Crippen LogP contribution in [0, 0.1) is 0 Å². The average Bonchev–Trinajstić information content (AvgIpc) is 1.63. The molecule has 1 aromatic heterocycles. The number of hydrogen-bond donors (Lipinski definition) is 21. The number of rotatable bonds is 21. The minimum atomic E-state index is -2.03. The molecule has 4 aromatic carbocycles. The number of aromatic amines is 1. The molecule has 0 radical (unpaired) electrons. The molecule has 0 aliphatic carbocycles. The number of amides is 12. The number of phenolic OH excluding ortho intramolecular Hbond substituents is 1. The van der Waals surface area contributed by atoms with Gasteiger partial charge in [-0.05, 0) is 105 Å². The first-order chi connectivity index (χ1) is 52.5. The number of carboxylic acid groups (broad SMARTS) is 1. The maximum Gasteiger partial charge on any atom is 0.327 e. The van der Waals surface area contributed by atoms with E-state index in [9.17, 15) is 63.9 Å². The van der Waals surface area contributed by atoms with Gasteiger partial charge < -0.3 is 111 Å². The van der Waals surface area contributed by atoms with E-state index in [-0.39, 0.29) is 62.6 Å². The number of aromatic hydroxyl groups is 1. The van der Waals surface area contributed by atoms with Gasteiger partial charge >= 0.3 is 5.97 Å². The van der Waals surface area contributed by atoms with E-state index in [1.54, 1.807) is 85.1 Å². The molecular weight excluding hydrogens is 1470 g/mol. The van der Waals surface area contributed by atoms with Crippen LogP contribution in [-0.4, -0.2) is 229 Å². The first-order valence-corrected chi connectivity index (χ1v) is 38.7. The Morgan fingerprint density at radius 1 is 0.545 bits per heavy atom. The Morgan fingerprint density at radius 3 is 1.69 bits per heavy atom. The molecule has 2 bridgehead atoms. The Hall–Kier alpha value is -10.2. The number of aliphatic hydroxyl groups excluding tert-OH is 3. The van der Waals surface area contributed by atoms with Gasteiger partial charge in [0.15, 0.2) is 0 Å². The van der Waals surface area contributed by atoms with Gasteiger partial charge in [0.2, 0.25) is 70.9 Å². The number of nitrogens with one attached hydrogen (secondary N) is 14. The smallest absolute Gasteiger partial charge is 0.327 e. The van der Waals surface area contributed by atoms with Crippen LogP contribution >= 0.6 is 21.6 Å². The van der Waals surface area contributed by atoms with Crippen molar-refractivity contribution < 1.29 is 87.9 Å². The molecule has 2 aliphatic heterocycles. The summed E-state index contributed by atoms with van der Waals surface area (Å²) in [5, 5.41) is 87.5. The second-order valence-electron chi connectivity index (χ2n) is 27.3. The number of carbonyl (C=O) groups excluding carboxylic acids is 12. The molecule has 0 saturated carbocycles. The molecule has 23 N–H and O–H groups in total. The molecule has 2 fully saturated rings. The minimum Gasteiger partial charge on any atom is -0.508 e. The lowest BCUT2D eigenvalue weighted by molar-refractivity contribution is -0.142. The molecule has 7 rings (SSSR count). The zero-order valence-electron chi connectivity index (χ0n) is 61.4. The maximum atomic E-state index is 15.4. The van der Waals surface area contributed by atoms with Crippen LogP contribution in [0.2, 0.25) is 0 Å². The number of nitrogens with two attached hydrogens (primary N) is 2. The fourth-order valence-corrected chi connectivity index (χ4v) is 14.2. The van der Waals surface area contributed by atoms with Crippen molar-refractivity contribution >= 4 is 109 Å². The summed E-state index contributed by atoms with van der Waals surface area (Å²) in [7, 11) is 1.62. The van der Waals surface area contributed by atoms with E-state index in [4.69, 9.17) is 11.5 Å². The number of aliphatic hydroxyl groups is 3. The van der Waals surface area contributed by atoms with Gasteiger partial charge in [0, 0.05) is 73.4 Å². The van der Waals surface area contributed by atoms with Crippen molar-refractivity contribution in [3.8, 4) is 5.75 Å². The predicted molar refractivity (Wildman–Crippen MR) is 408 cm³/mol. The lowest BCUT2D eigenvalue weighted by Crippen LogP contribution is -2.63. The maximum absolute atomic E-state index is 15.4. The minimum absolute atomic E-state index is 0.0594. The van der Waals surface area contributed by atoms with Crippen molar-refractivity contribution in [3.63, 3.8) is 0 Å². The van der Waals surface area contributed by atoms with Crippen LogP contribution in [0.1, 0.15) is 94.0 Å². The highest BCUT2D eigenvalue weighted by Crippen LogP contribution is 2.25. The van der Waals surface area contributed by atoms with Gasteiger partial charge in [0.25, 0.3) is 0 Å². The summed E-state index contributed by atoms with van der Waals surface area (Å²) in [6, 6.07) is 7.76. The van der Waals surface area contributed by atoms with Crippen LogP contribution in [0.5, 0.6) is 5.75 Å². The summed E-state index contributed by atoms with van der Waals surface area (Å²) in [6.07, 6.45) is -4.16. The van der Waals surface area contributed by atoms with E-state index in [0.717, 1.165) is 41.0 Å². The highest BCUT2D eigenvalue weighted by atomic mass is 33.1. The molecule has 36 heteroatoms. The monoisotopic (exact) mass is 1560 g/mol. The molecule has 0 spiro atoms. The number of aliphatic carboxylic acids is 1. The van der Waals surface area contributed by atoms with E-state index in [0.29, 0.717) is 46.1 Å². The number of hydrogen-bond acceptors (Lipinski definition) is 22. The summed E-state index contributed by atoms with van der Waals surface area (Å²) in [5.74, 6) is -15.3. The lowest BCUT2D eigenvalue weighted by atomic mass is 10.00. The van der Waals surface area contributed by atoms with E-state index >= 15 is 24.0 Å². The molecule has 3 heterocycles. The highest BCUT2D eigenvalue weighted by molar-refractivity contribution is 8.76. The normalized spacial score (nSPS) is 24.3. The molecule has 110 heavy (non-hydrogen) atoms. The van der Waals surface area contributed by atoms with E-state index in [2.05, 4.69) is 74.1 Å². The molecule has 2 aliphatic rings. The van der Waals surface area contributed by atoms with Crippen molar-refractivity contribution in [3.05, 3.63) is 137 Å². The fraction of sp³-hybridized carbons (Fsp3) is 0.473. The van der Waals surface area contributed by atoms with Crippen LogP contribution in [0.15, 0.2) is 109 Å². The van der Waals surface area contributed by atoms with Gasteiger partial charge in [0.1, 0.15) is 72.2 Å². The topological polar surface area (TPSA) is 547 Å². The van der Waals surface area contributed by atoms with Crippen molar-refractivity contribution in [2.45, 2.75) is 189 Å². The Bertz CT molecular complexity index is 3990. The first-order valence-electron chi connectivity index (χ1n) is 36.2.